The Bertz CT molecular complexity index is 1960. The van der Waals surface area contributed by atoms with Crippen LogP contribution >= 0.6 is 0 Å². The highest BCUT2D eigenvalue weighted by Gasteiger charge is 2.22. The number of aromatic nitrogens is 2. The molecule has 0 unspecified atom stereocenters. The molecule has 0 saturated heterocycles. The van der Waals surface area contributed by atoms with Crippen molar-refractivity contribution in [2.45, 2.75) is 6.92 Å². The van der Waals surface area contributed by atoms with Gasteiger partial charge >= 0.3 is 0 Å². The summed E-state index contributed by atoms with van der Waals surface area (Å²) in [5.74, 6) is 0. The molecule has 0 aliphatic carbocycles. The van der Waals surface area contributed by atoms with Crippen LogP contribution in [0.3, 0.4) is 0 Å². The van der Waals surface area contributed by atoms with Gasteiger partial charge in [0.2, 0.25) is 0 Å². The number of para-hydroxylation sites is 2. The van der Waals surface area contributed by atoms with E-state index in [9.17, 15) is 0 Å². The maximum atomic E-state index is 3.87. The van der Waals surface area contributed by atoms with E-state index in [4.69, 9.17) is 0 Å². The Hall–Kier alpha value is -4.56. The van der Waals surface area contributed by atoms with Crippen molar-refractivity contribution in [1.82, 2.24) is 9.55 Å². The molecule has 0 aliphatic rings. The predicted molar refractivity (Wildman–Crippen MR) is 152 cm³/mol. The molecule has 0 atom stereocenters. The summed E-state index contributed by atoms with van der Waals surface area (Å²) in [6, 6.07) is 32.7. The second-order valence-electron chi connectivity index (χ2n) is 9.13. The van der Waals surface area contributed by atoms with Crippen molar-refractivity contribution in [3.05, 3.63) is 121 Å². The second kappa shape index (κ2) is 7.48. The van der Waals surface area contributed by atoms with Crippen molar-refractivity contribution in [2.75, 3.05) is 0 Å². The van der Waals surface area contributed by atoms with Crippen molar-refractivity contribution in [3.63, 3.8) is 0 Å². The first-order valence-corrected chi connectivity index (χ1v) is 12.0. The third-order valence-corrected chi connectivity index (χ3v) is 7.27. The van der Waals surface area contributed by atoms with Crippen LogP contribution < -0.4 is 0 Å². The normalized spacial score (nSPS) is 12.1. The van der Waals surface area contributed by atoms with Crippen LogP contribution in [0.15, 0.2) is 110 Å². The van der Waals surface area contributed by atoms with Gasteiger partial charge in [0.1, 0.15) is 0 Å². The summed E-state index contributed by atoms with van der Waals surface area (Å²) >= 11 is 0. The zero-order valence-corrected chi connectivity index (χ0v) is 19.5. The summed E-state index contributed by atoms with van der Waals surface area (Å²) in [6.45, 7) is 6.11. The first-order valence-electron chi connectivity index (χ1n) is 12.0. The number of fused-ring (bicyclic) bond motifs is 10. The van der Waals surface area contributed by atoms with E-state index >= 15 is 0 Å². The van der Waals surface area contributed by atoms with E-state index in [2.05, 4.69) is 120 Å². The van der Waals surface area contributed by atoms with Crippen LogP contribution in [-0.2, 0) is 0 Å². The van der Waals surface area contributed by atoms with E-state index in [1.807, 2.05) is 12.2 Å². The third-order valence-electron chi connectivity index (χ3n) is 7.27. The van der Waals surface area contributed by atoms with Gasteiger partial charge in [0, 0.05) is 38.1 Å². The molecule has 7 rings (SSSR count). The van der Waals surface area contributed by atoms with Crippen molar-refractivity contribution in [2.24, 2.45) is 0 Å². The zero-order valence-electron chi connectivity index (χ0n) is 19.5. The molecule has 0 fully saturated rings. The largest absolute Gasteiger partial charge is 0.354 e. The summed E-state index contributed by atoms with van der Waals surface area (Å²) in [6.07, 6.45) is 6.00. The molecule has 2 heteroatoms. The molecule has 0 radical (unpaired) electrons. The summed E-state index contributed by atoms with van der Waals surface area (Å²) in [5, 5.41) is 7.67. The molecular formula is C33H24N2. The van der Waals surface area contributed by atoms with Gasteiger partial charge in [0.15, 0.2) is 0 Å². The van der Waals surface area contributed by atoms with Gasteiger partial charge in [-0.2, -0.15) is 0 Å². The molecule has 166 valence electrons. The molecule has 35 heavy (non-hydrogen) atoms. The number of aromatic amines is 1. The molecule has 0 spiro atoms. The highest BCUT2D eigenvalue weighted by atomic mass is 15.0. The standard InChI is InChI=1S/C33H24N2/c1-3-4-12-22-19-20-28-29(21(22)2)30-24-15-8-9-16-25(24)32-31(26-17-10-11-18-27(26)34-32)33(30)35(28)23-13-6-5-7-14-23/h3-20,34H,1H2,2H3/b12-4-. The lowest BCUT2D eigenvalue weighted by Crippen LogP contribution is -1.94. The van der Waals surface area contributed by atoms with Crippen LogP contribution in [0.4, 0.5) is 0 Å². The Labute approximate surface area is 203 Å². The fourth-order valence-electron chi connectivity index (χ4n) is 5.77. The Balaban J connectivity index is 1.86. The van der Waals surface area contributed by atoms with Crippen molar-refractivity contribution in [3.8, 4) is 5.69 Å². The van der Waals surface area contributed by atoms with Gasteiger partial charge in [0.05, 0.1) is 16.6 Å². The van der Waals surface area contributed by atoms with E-state index in [0.717, 1.165) is 5.52 Å². The smallest absolute Gasteiger partial charge is 0.0647 e. The van der Waals surface area contributed by atoms with Crippen molar-refractivity contribution >= 4 is 60.5 Å². The molecule has 5 aromatic carbocycles. The predicted octanol–water partition coefficient (Wildman–Crippen LogP) is 9.08. The number of nitrogens with zero attached hydrogens (tertiary/aromatic N) is 1. The van der Waals surface area contributed by atoms with Crippen LogP contribution in [-0.4, -0.2) is 9.55 Å². The number of aryl methyl sites for hydroxylation is 1. The molecule has 2 aromatic heterocycles. The fourth-order valence-corrected chi connectivity index (χ4v) is 5.77. The Morgan fingerprint density at radius 1 is 0.714 bits per heavy atom. The molecule has 7 aromatic rings. The number of H-pyrrole nitrogens is 1. The SMILES string of the molecule is C=C/C=C\c1ccc2c(c1C)c1c3ccccc3c3[nH]c4ccccc4c3c1n2-c1ccccc1. The lowest BCUT2D eigenvalue weighted by molar-refractivity contribution is 1.19. The minimum Gasteiger partial charge on any atom is -0.354 e. The van der Waals surface area contributed by atoms with Crippen molar-refractivity contribution < 1.29 is 0 Å². The first-order chi connectivity index (χ1) is 17.3. The van der Waals surface area contributed by atoms with Gasteiger partial charge in [-0.1, -0.05) is 91.5 Å². The van der Waals surface area contributed by atoms with Gasteiger partial charge in [0.25, 0.3) is 0 Å². The van der Waals surface area contributed by atoms with Crippen LogP contribution in [0.1, 0.15) is 11.1 Å². The molecular weight excluding hydrogens is 424 g/mol. The monoisotopic (exact) mass is 448 g/mol. The van der Waals surface area contributed by atoms with Gasteiger partial charge < -0.3 is 9.55 Å². The van der Waals surface area contributed by atoms with Crippen LogP contribution in [0, 0.1) is 6.92 Å². The number of nitrogens with one attached hydrogen (secondary N) is 1. The highest BCUT2D eigenvalue weighted by molar-refractivity contribution is 6.36. The fraction of sp³-hybridized carbons (Fsp3) is 0.0303. The molecule has 2 heterocycles. The van der Waals surface area contributed by atoms with E-state index in [-0.39, 0.29) is 0 Å². The number of hydrogen-bond donors (Lipinski definition) is 1. The van der Waals surface area contributed by atoms with E-state index in [1.165, 1.54) is 65.7 Å². The van der Waals surface area contributed by atoms with Crippen LogP contribution in [0.5, 0.6) is 0 Å². The van der Waals surface area contributed by atoms with E-state index in [1.54, 1.807) is 0 Å². The molecule has 0 aliphatic heterocycles. The third kappa shape index (κ3) is 2.71. The van der Waals surface area contributed by atoms with Crippen molar-refractivity contribution in [1.29, 1.82) is 0 Å². The number of allylic oxidation sites excluding steroid dienone is 2. The first kappa shape index (κ1) is 19.9. The summed E-state index contributed by atoms with van der Waals surface area (Å²) in [7, 11) is 0. The van der Waals surface area contributed by atoms with Gasteiger partial charge in [-0.15, -0.1) is 0 Å². The number of benzene rings is 5. The van der Waals surface area contributed by atoms with Crippen LogP contribution in [0.2, 0.25) is 0 Å². The quantitative estimate of drug-likeness (QED) is 0.260. The maximum Gasteiger partial charge on any atom is 0.0647 e. The number of rotatable bonds is 3. The molecule has 1 N–H and O–H groups in total. The molecule has 2 nitrogen and oxygen atoms in total. The topological polar surface area (TPSA) is 20.7 Å². The van der Waals surface area contributed by atoms with Crippen LogP contribution in [0.25, 0.3) is 66.1 Å². The zero-order chi connectivity index (χ0) is 23.5. The van der Waals surface area contributed by atoms with Gasteiger partial charge in [-0.05, 0) is 47.7 Å². The minimum absolute atomic E-state index is 1.16. The summed E-state index contributed by atoms with van der Waals surface area (Å²) < 4.78 is 2.45. The second-order valence-corrected chi connectivity index (χ2v) is 9.13. The minimum atomic E-state index is 1.16. The van der Waals surface area contributed by atoms with E-state index in [0.29, 0.717) is 0 Å². The lowest BCUT2D eigenvalue weighted by atomic mass is 9.96. The maximum absolute atomic E-state index is 3.87. The van der Waals surface area contributed by atoms with Gasteiger partial charge in [-0.3, -0.25) is 0 Å². The van der Waals surface area contributed by atoms with E-state index < -0.39 is 0 Å². The van der Waals surface area contributed by atoms with Gasteiger partial charge in [-0.25, -0.2) is 0 Å². The summed E-state index contributed by atoms with van der Waals surface area (Å²) in [5.41, 5.74) is 8.50. The lowest BCUT2D eigenvalue weighted by Gasteiger charge is -2.10. The Morgan fingerprint density at radius 2 is 1.43 bits per heavy atom. The average molecular weight is 449 g/mol. The summed E-state index contributed by atoms with van der Waals surface area (Å²) in [4.78, 5) is 3.75. The highest BCUT2D eigenvalue weighted by Crippen LogP contribution is 2.45. The Morgan fingerprint density at radius 3 is 2.23 bits per heavy atom. The molecule has 0 saturated carbocycles. The Kier molecular flexibility index (Phi) is 4.24. The average Bonchev–Trinajstić information content (AvgIpc) is 3.46. The number of hydrogen-bond acceptors (Lipinski definition) is 0. The molecule has 0 bridgehead atoms. The molecule has 0 amide bonds.